The minimum Gasteiger partial charge on any atom is -0.352 e. The van der Waals surface area contributed by atoms with E-state index in [-0.39, 0.29) is 37.0 Å². The van der Waals surface area contributed by atoms with Gasteiger partial charge in [0.2, 0.25) is 11.8 Å². The average molecular weight is 428 g/mol. The summed E-state index contributed by atoms with van der Waals surface area (Å²) in [7, 11) is 0. The maximum atomic E-state index is 13.6. The molecule has 4 rings (SSSR count). The maximum Gasteiger partial charge on any atom is 0.223 e. The number of carbonyl (C=O) groups excluding carboxylic acids is 2. The Balaban J connectivity index is 1.21. The van der Waals surface area contributed by atoms with Gasteiger partial charge in [-0.25, -0.2) is 14.4 Å². The molecule has 30 heavy (non-hydrogen) atoms. The highest BCUT2D eigenvalue weighted by molar-refractivity contribution is 7.21. The van der Waals surface area contributed by atoms with Gasteiger partial charge >= 0.3 is 0 Å². The number of hydrogen-bond donors (Lipinski definition) is 1. The van der Waals surface area contributed by atoms with Crippen molar-refractivity contribution in [3.8, 4) is 0 Å². The lowest BCUT2D eigenvalue weighted by atomic mass is 10.2. The summed E-state index contributed by atoms with van der Waals surface area (Å²) < 4.78 is 13.6. The average Bonchev–Trinajstić information content (AvgIpc) is 3.21. The number of nitrogens with one attached hydrogen (secondary N) is 1. The number of carbonyl (C=O) groups is 2. The van der Waals surface area contributed by atoms with Gasteiger partial charge < -0.3 is 15.1 Å². The van der Waals surface area contributed by atoms with Crippen LogP contribution in [0.25, 0.3) is 10.3 Å². The van der Waals surface area contributed by atoms with Crippen LogP contribution in [0.4, 0.5) is 9.52 Å². The number of rotatable bonds is 6. The summed E-state index contributed by atoms with van der Waals surface area (Å²) in [6.45, 7) is 2.71. The van der Waals surface area contributed by atoms with Crippen molar-refractivity contribution < 1.29 is 14.0 Å². The van der Waals surface area contributed by atoms with Crippen molar-refractivity contribution in [3.63, 3.8) is 0 Å². The molecule has 2 amide bonds. The highest BCUT2D eigenvalue weighted by atomic mass is 32.1. The molecule has 1 N–H and O–H groups in total. The smallest absolute Gasteiger partial charge is 0.223 e. The molecule has 1 fully saturated rings. The van der Waals surface area contributed by atoms with Crippen LogP contribution in [0.5, 0.6) is 0 Å². The Hall–Kier alpha value is -3.07. The second kappa shape index (κ2) is 9.17. The van der Waals surface area contributed by atoms with Crippen LogP contribution in [0.1, 0.15) is 18.4 Å². The topological polar surface area (TPSA) is 78.4 Å². The number of pyridine rings is 1. The number of aromatic nitrogens is 2. The normalized spacial score (nSPS) is 14.2. The Bertz CT molecular complexity index is 1020. The quantitative estimate of drug-likeness (QED) is 0.654. The minimum absolute atomic E-state index is 0.0401. The highest BCUT2D eigenvalue weighted by Crippen LogP contribution is 2.27. The maximum absolute atomic E-state index is 13.6. The first-order chi connectivity index (χ1) is 14.6. The molecule has 0 aliphatic carbocycles. The Kier molecular flexibility index (Phi) is 6.18. The molecule has 7 nitrogen and oxygen atoms in total. The minimum atomic E-state index is -0.351. The van der Waals surface area contributed by atoms with Crippen LogP contribution < -0.4 is 10.2 Å². The molecule has 3 aromatic rings. The molecular weight excluding hydrogens is 405 g/mol. The molecule has 0 spiro atoms. The zero-order chi connectivity index (χ0) is 20.9. The van der Waals surface area contributed by atoms with Crippen LogP contribution in [0, 0.1) is 5.82 Å². The van der Waals surface area contributed by atoms with E-state index < -0.39 is 0 Å². The summed E-state index contributed by atoms with van der Waals surface area (Å²) in [6.07, 6.45) is 2.00. The Morgan fingerprint density at radius 1 is 1.07 bits per heavy atom. The zero-order valence-corrected chi connectivity index (χ0v) is 17.2. The van der Waals surface area contributed by atoms with Crippen molar-refractivity contribution in [2.45, 2.75) is 19.4 Å². The lowest BCUT2D eigenvalue weighted by molar-refractivity contribution is -0.133. The molecule has 1 aromatic carbocycles. The van der Waals surface area contributed by atoms with Crippen LogP contribution in [0.15, 0.2) is 42.6 Å². The van der Waals surface area contributed by atoms with Gasteiger partial charge in [0.05, 0.1) is 0 Å². The number of thiazole rings is 1. The Labute approximate surface area is 177 Å². The number of hydrogen-bond acceptors (Lipinski definition) is 6. The van der Waals surface area contributed by atoms with Crippen LogP contribution in [-0.4, -0.2) is 52.9 Å². The van der Waals surface area contributed by atoms with E-state index in [1.165, 1.54) is 6.07 Å². The molecule has 0 unspecified atom stereocenters. The lowest BCUT2D eigenvalue weighted by Gasteiger charge is -2.34. The van der Waals surface area contributed by atoms with E-state index in [1.807, 2.05) is 12.1 Å². The van der Waals surface area contributed by atoms with E-state index >= 15 is 0 Å². The van der Waals surface area contributed by atoms with Crippen molar-refractivity contribution >= 4 is 38.6 Å². The third-order valence-electron chi connectivity index (χ3n) is 5.06. The molecule has 9 heteroatoms. The van der Waals surface area contributed by atoms with E-state index in [2.05, 4.69) is 20.2 Å². The van der Waals surface area contributed by atoms with Gasteiger partial charge in [-0.3, -0.25) is 9.59 Å². The molecular formula is C21H22FN5O2S. The molecule has 3 heterocycles. The van der Waals surface area contributed by atoms with Crippen LogP contribution in [-0.2, 0) is 16.1 Å². The number of amides is 2. The SMILES string of the molecule is O=C(CCC(=O)N1CCN(c2nc3cccnc3s2)CC1)NCc1ccccc1F. The fourth-order valence-corrected chi connectivity index (χ4v) is 4.30. The van der Waals surface area contributed by atoms with Gasteiger partial charge in [0.1, 0.15) is 16.2 Å². The largest absolute Gasteiger partial charge is 0.352 e. The first-order valence-corrected chi connectivity index (χ1v) is 10.7. The first kappa shape index (κ1) is 20.2. The van der Waals surface area contributed by atoms with Crippen molar-refractivity contribution in [2.75, 3.05) is 31.1 Å². The summed E-state index contributed by atoms with van der Waals surface area (Å²) >= 11 is 1.55. The summed E-state index contributed by atoms with van der Waals surface area (Å²) in [5.41, 5.74) is 1.32. The third-order valence-corrected chi connectivity index (χ3v) is 6.10. The predicted molar refractivity (Wildman–Crippen MR) is 114 cm³/mol. The molecule has 0 radical (unpaired) electrons. The zero-order valence-electron chi connectivity index (χ0n) is 16.4. The van der Waals surface area contributed by atoms with Gasteiger partial charge in [0.25, 0.3) is 0 Å². The number of piperazine rings is 1. The van der Waals surface area contributed by atoms with Gasteiger partial charge in [-0.05, 0) is 18.2 Å². The third kappa shape index (κ3) is 4.73. The fraction of sp³-hybridized carbons (Fsp3) is 0.333. The van der Waals surface area contributed by atoms with Crippen LogP contribution >= 0.6 is 11.3 Å². The molecule has 0 saturated carbocycles. The van der Waals surface area contributed by atoms with Crippen molar-refractivity contribution in [1.82, 2.24) is 20.2 Å². The second-order valence-corrected chi connectivity index (χ2v) is 8.02. The number of benzene rings is 1. The number of halogens is 1. The van der Waals surface area contributed by atoms with E-state index in [0.717, 1.165) is 15.5 Å². The van der Waals surface area contributed by atoms with Crippen molar-refractivity contribution in [2.24, 2.45) is 0 Å². The Morgan fingerprint density at radius 2 is 1.87 bits per heavy atom. The second-order valence-electron chi connectivity index (χ2n) is 7.06. The Morgan fingerprint density at radius 3 is 2.63 bits per heavy atom. The van der Waals surface area contributed by atoms with E-state index in [0.29, 0.717) is 31.7 Å². The molecule has 156 valence electrons. The van der Waals surface area contributed by atoms with Crippen LogP contribution in [0.2, 0.25) is 0 Å². The molecule has 1 saturated heterocycles. The summed E-state index contributed by atoms with van der Waals surface area (Å²) in [5.74, 6) is -0.649. The monoisotopic (exact) mass is 427 g/mol. The summed E-state index contributed by atoms with van der Waals surface area (Å²) in [5, 5.41) is 3.59. The van der Waals surface area contributed by atoms with Gasteiger partial charge in [-0.15, -0.1) is 0 Å². The van der Waals surface area contributed by atoms with E-state index in [9.17, 15) is 14.0 Å². The van der Waals surface area contributed by atoms with Gasteiger partial charge in [0.15, 0.2) is 5.13 Å². The van der Waals surface area contributed by atoms with Gasteiger partial charge in [0, 0.05) is 57.3 Å². The molecule has 0 bridgehead atoms. The van der Waals surface area contributed by atoms with Gasteiger partial charge in [-0.2, -0.15) is 0 Å². The van der Waals surface area contributed by atoms with E-state index in [1.54, 1.807) is 40.6 Å². The highest BCUT2D eigenvalue weighted by Gasteiger charge is 2.23. The molecule has 1 aliphatic heterocycles. The molecule has 0 atom stereocenters. The van der Waals surface area contributed by atoms with Crippen LogP contribution in [0.3, 0.4) is 0 Å². The fourth-order valence-electron chi connectivity index (χ4n) is 3.34. The van der Waals surface area contributed by atoms with Crippen molar-refractivity contribution in [1.29, 1.82) is 0 Å². The van der Waals surface area contributed by atoms with E-state index in [4.69, 9.17) is 0 Å². The standard InChI is InChI=1S/C21H22FN5O2S/c22-16-5-2-1-4-15(16)14-24-18(28)7-8-19(29)26-10-12-27(13-11-26)21-25-17-6-3-9-23-20(17)30-21/h1-6,9H,7-8,10-14H2,(H,24,28). The number of anilines is 1. The summed E-state index contributed by atoms with van der Waals surface area (Å²) in [4.78, 5) is 38.3. The molecule has 2 aromatic heterocycles. The first-order valence-electron chi connectivity index (χ1n) is 9.84. The molecule has 1 aliphatic rings. The lowest BCUT2D eigenvalue weighted by Crippen LogP contribution is -2.48. The summed E-state index contributed by atoms with van der Waals surface area (Å²) in [6, 6.07) is 10.1. The number of fused-ring (bicyclic) bond motifs is 1. The van der Waals surface area contributed by atoms with Crippen molar-refractivity contribution in [3.05, 3.63) is 54.0 Å². The van der Waals surface area contributed by atoms with Gasteiger partial charge in [-0.1, -0.05) is 29.5 Å². The number of nitrogens with zero attached hydrogens (tertiary/aromatic N) is 4. The predicted octanol–water partition coefficient (Wildman–Crippen LogP) is 2.58.